The summed E-state index contributed by atoms with van der Waals surface area (Å²) in [6.07, 6.45) is 0.843. The number of fused-ring (bicyclic) bond motifs is 3. The summed E-state index contributed by atoms with van der Waals surface area (Å²) in [5.41, 5.74) is 0.617. The van der Waals surface area contributed by atoms with Gasteiger partial charge in [0.2, 0.25) is 11.7 Å². The summed E-state index contributed by atoms with van der Waals surface area (Å²) < 4.78 is 8.38. The zero-order chi connectivity index (χ0) is 21.3. The van der Waals surface area contributed by atoms with Crippen molar-refractivity contribution in [2.75, 3.05) is 11.1 Å². The third-order valence-corrected chi connectivity index (χ3v) is 5.44. The van der Waals surface area contributed by atoms with Crippen LogP contribution < -0.4 is 10.9 Å². The minimum atomic E-state index is -0.308. The second-order valence-electron chi connectivity index (χ2n) is 7.26. The maximum atomic E-state index is 13.0. The first kappa shape index (κ1) is 20.1. The van der Waals surface area contributed by atoms with Crippen LogP contribution in [-0.2, 0) is 11.3 Å². The van der Waals surface area contributed by atoms with Crippen molar-refractivity contribution in [3.05, 3.63) is 40.4 Å². The first-order valence-corrected chi connectivity index (χ1v) is 10.5. The number of carbonyl (C=O) groups excluding carboxylic acids is 1. The van der Waals surface area contributed by atoms with Crippen LogP contribution in [0.2, 0.25) is 0 Å². The predicted molar refractivity (Wildman–Crippen MR) is 113 cm³/mol. The third kappa shape index (κ3) is 3.92. The van der Waals surface area contributed by atoms with Crippen molar-refractivity contribution in [2.45, 2.75) is 38.9 Å². The Kier molecular flexibility index (Phi) is 5.53. The largest absolute Gasteiger partial charge is 0.328 e. The SMILES string of the molecule is Cc1noc(NC(=O)CSc2nnc3n(CCC(C)C)c(=O)c4ccccc4n23)n1. The highest BCUT2D eigenvalue weighted by atomic mass is 32.2. The molecule has 1 N–H and O–H groups in total. The fourth-order valence-electron chi connectivity index (χ4n) is 3.05. The smallest absolute Gasteiger partial charge is 0.315 e. The van der Waals surface area contributed by atoms with Gasteiger partial charge in [-0.3, -0.25) is 23.9 Å². The van der Waals surface area contributed by atoms with Crippen LogP contribution in [0.25, 0.3) is 16.7 Å². The van der Waals surface area contributed by atoms with Crippen LogP contribution in [0.5, 0.6) is 0 Å². The van der Waals surface area contributed by atoms with Gasteiger partial charge in [-0.05, 0) is 31.4 Å². The van der Waals surface area contributed by atoms with Gasteiger partial charge < -0.3 is 4.52 Å². The average Bonchev–Trinajstić information content (AvgIpc) is 3.32. The molecule has 0 aliphatic heterocycles. The number of aromatic nitrogens is 6. The number of hydrogen-bond acceptors (Lipinski definition) is 8. The summed E-state index contributed by atoms with van der Waals surface area (Å²) in [5.74, 6) is 1.11. The van der Waals surface area contributed by atoms with E-state index in [1.807, 2.05) is 22.6 Å². The number of benzene rings is 1. The second-order valence-corrected chi connectivity index (χ2v) is 8.20. The van der Waals surface area contributed by atoms with Gasteiger partial charge in [0.05, 0.1) is 16.7 Å². The number of aryl methyl sites for hydroxylation is 2. The second kappa shape index (κ2) is 8.27. The molecule has 10 nitrogen and oxygen atoms in total. The minimum Gasteiger partial charge on any atom is -0.315 e. The number of hydrogen-bond donors (Lipinski definition) is 1. The average molecular weight is 427 g/mol. The summed E-state index contributed by atoms with van der Waals surface area (Å²) in [7, 11) is 0. The number of thioether (sulfide) groups is 1. The molecule has 1 amide bonds. The van der Waals surface area contributed by atoms with Gasteiger partial charge in [-0.25, -0.2) is 0 Å². The molecule has 1 aromatic carbocycles. The van der Waals surface area contributed by atoms with Crippen molar-refractivity contribution in [3.63, 3.8) is 0 Å². The monoisotopic (exact) mass is 427 g/mol. The van der Waals surface area contributed by atoms with Gasteiger partial charge in [0.15, 0.2) is 11.0 Å². The fraction of sp³-hybridized carbons (Fsp3) is 0.368. The van der Waals surface area contributed by atoms with Gasteiger partial charge in [-0.15, -0.1) is 10.2 Å². The van der Waals surface area contributed by atoms with Crippen LogP contribution in [-0.4, -0.2) is 41.0 Å². The van der Waals surface area contributed by atoms with E-state index in [0.29, 0.717) is 40.1 Å². The van der Waals surface area contributed by atoms with E-state index in [1.54, 1.807) is 17.6 Å². The number of carbonyl (C=O) groups is 1. The fourth-order valence-corrected chi connectivity index (χ4v) is 3.79. The van der Waals surface area contributed by atoms with E-state index < -0.39 is 0 Å². The standard InChI is InChI=1S/C19H21N7O3S/c1-11(2)8-9-25-16(28)13-6-4-5-7-14(13)26-18(25)22-23-19(26)30-10-15(27)21-17-20-12(3)24-29-17/h4-7,11H,8-10H2,1-3H3,(H,20,21,24,27). The van der Waals surface area contributed by atoms with Gasteiger partial charge in [0.25, 0.3) is 5.56 Å². The van der Waals surface area contributed by atoms with E-state index in [-0.39, 0.29) is 23.2 Å². The molecule has 30 heavy (non-hydrogen) atoms. The molecule has 0 aliphatic rings. The lowest BCUT2D eigenvalue weighted by molar-refractivity contribution is -0.114. The molecule has 0 fully saturated rings. The lowest BCUT2D eigenvalue weighted by Crippen LogP contribution is -2.24. The molecular weight excluding hydrogens is 406 g/mol. The Bertz CT molecular complexity index is 1270. The van der Waals surface area contributed by atoms with Crippen molar-refractivity contribution in [3.8, 4) is 0 Å². The number of para-hydroxylation sites is 1. The molecule has 0 bridgehead atoms. The van der Waals surface area contributed by atoms with E-state index >= 15 is 0 Å². The molecule has 3 heterocycles. The van der Waals surface area contributed by atoms with Crippen LogP contribution in [0.15, 0.2) is 38.7 Å². The van der Waals surface area contributed by atoms with Crippen LogP contribution in [0.1, 0.15) is 26.1 Å². The Morgan fingerprint density at radius 2 is 2.07 bits per heavy atom. The first-order chi connectivity index (χ1) is 14.4. The van der Waals surface area contributed by atoms with E-state index in [0.717, 1.165) is 6.42 Å². The van der Waals surface area contributed by atoms with E-state index in [4.69, 9.17) is 4.52 Å². The number of nitrogens with zero attached hydrogens (tertiary/aromatic N) is 6. The van der Waals surface area contributed by atoms with Crippen molar-refractivity contribution < 1.29 is 9.32 Å². The highest BCUT2D eigenvalue weighted by molar-refractivity contribution is 7.99. The summed E-state index contributed by atoms with van der Waals surface area (Å²) >= 11 is 1.22. The quantitative estimate of drug-likeness (QED) is 0.447. The highest BCUT2D eigenvalue weighted by Crippen LogP contribution is 2.22. The Hall–Kier alpha value is -3.21. The van der Waals surface area contributed by atoms with Crippen LogP contribution in [0, 0.1) is 12.8 Å². The topological polar surface area (TPSA) is 120 Å². The van der Waals surface area contributed by atoms with Crippen molar-refractivity contribution in [2.24, 2.45) is 5.92 Å². The zero-order valence-electron chi connectivity index (χ0n) is 16.8. The molecule has 0 saturated carbocycles. The molecule has 0 unspecified atom stereocenters. The van der Waals surface area contributed by atoms with Crippen molar-refractivity contribution >= 4 is 40.4 Å². The molecular formula is C19H21N7O3S. The van der Waals surface area contributed by atoms with Crippen molar-refractivity contribution in [1.29, 1.82) is 0 Å². The molecule has 3 aromatic heterocycles. The van der Waals surface area contributed by atoms with E-state index in [1.165, 1.54) is 11.8 Å². The van der Waals surface area contributed by atoms with E-state index in [9.17, 15) is 9.59 Å². The summed E-state index contributed by atoms with van der Waals surface area (Å²) in [6.45, 7) is 6.43. The Labute approximate surface area is 175 Å². The maximum absolute atomic E-state index is 13.0. The Balaban J connectivity index is 1.67. The third-order valence-electron chi connectivity index (χ3n) is 4.51. The summed E-state index contributed by atoms with van der Waals surface area (Å²) in [6, 6.07) is 7.39. The Morgan fingerprint density at radius 1 is 1.27 bits per heavy atom. The maximum Gasteiger partial charge on any atom is 0.328 e. The molecule has 0 aliphatic carbocycles. The van der Waals surface area contributed by atoms with Crippen molar-refractivity contribution in [1.82, 2.24) is 29.3 Å². The number of rotatable bonds is 7. The number of anilines is 1. The van der Waals surface area contributed by atoms with Crippen LogP contribution in [0.4, 0.5) is 6.01 Å². The van der Waals surface area contributed by atoms with Crippen LogP contribution >= 0.6 is 11.8 Å². The molecule has 11 heteroatoms. The molecule has 0 spiro atoms. The number of nitrogens with one attached hydrogen (secondary N) is 1. The zero-order valence-corrected chi connectivity index (χ0v) is 17.6. The lowest BCUT2D eigenvalue weighted by atomic mass is 10.1. The molecule has 4 aromatic rings. The van der Waals surface area contributed by atoms with Gasteiger partial charge in [0.1, 0.15) is 0 Å². The number of amides is 1. The van der Waals surface area contributed by atoms with Gasteiger partial charge >= 0.3 is 6.01 Å². The van der Waals surface area contributed by atoms with Gasteiger partial charge in [0, 0.05) is 6.54 Å². The van der Waals surface area contributed by atoms with Gasteiger partial charge in [-0.2, -0.15) is 4.98 Å². The van der Waals surface area contributed by atoms with E-state index in [2.05, 4.69) is 39.5 Å². The summed E-state index contributed by atoms with van der Waals surface area (Å²) in [4.78, 5) is 29.2. The minimum absolute atomic E-state index is 0.0529. The molecule has 0 saturated heterocycles. The lowest BCUT2D eigenvalue weighted by Gasteiger charge is -2.12. The normalized spacial score (nSPS) is 11.6. The molecule has 0 atom stereocenters. The van der Waals surface area contributed by atoms with Gasteiger partial charge in [-0.1, -0.05) is 42.9 Å². The Morgan fingerprint density at radius 3 is 2.80 bits per heavy atom. The summed E-state index contributed by atoms with van der Waals surface area (Å²) in [5, 5.41) is 15.8. The molecule has 4 rings (SSSR count). The predicted octanol–water partition coefficient (Wildman–Crippen LogP) is 2.51. The van der Waals surface area contributed by atoms with Crippen LogP contribution in [0.3, 0.4) is 0 Å². The first-order valence-electron chi connectivity index (χ1n) is 9.53. The highest BCUT2D eigenvalue weighted by Gasteiger charge is 2.18. The molecule has 156 valence electrons. The molecule has 0 radical (unpaired) electrons.